The summed E-state index contributed by atoms with van der Waals surface area (Å²) in [6.45, 7) is 0. The molecule has 4 rings (SSSR count). The molecule has 0 bridgehead atoms. The Morgan fingerprint density at radius 3 is 2.48 bits per heavy atom. The maximum Gasteiger partial charge on any atom is 0.278 e. The first kappa shape index (κ1) is 12.2. The Bertz CT molecular complexity index is 934. The molecular weight excluding hydrogens is 286 g/mol. The van der Waals surface area contributed by atoms with E-state index in [0.29, 0.717) is 27.8 Å². The third-order valence-corrected chi connectivity index (χ3v) is 3.60. The highest BCUT2D eigenvalue weighted by Crippen LogP contribution is 2.23. The Kier molecular flexibility index (Phi) is 2.59. The average Bonchev–Trinajstić information content (AvgIpc) is 2.84. The number of amides is 1. The molecule has 3 heterocycles. The molecule has 0 radical (unpaired) electrons. The number of pyridine rings is 2. The van der Waals surface area contributed by atoms with Crippen LogP contribution < -0.4 is 0 Å². The van der Waals surface area contributed by atoms with Gasteiger partial charge in [-0.15, -0.1) is 0 Å². The van der Waals surface area contributed by atoms with Crippen molar-refractivity contribution in [3.63, 3.8) is 0 Å². The van der Waals surface area contributed by atoms with Crippen LogP contribution in [0.2, 0.25) is 5.15 Å². The molecule has 100 valence electrons. The highest BCUT2D eigenvalue weighted by atomic mass is 35.5. The van der Waals surface area contributed by atoms with Crippen molar-refractivity contribution in [2.45, 2.75) is 0 Å². The largest absolute Gasteiger partial charge is 0.278 e. The molecule has 0 unspecified atom stereocenters. The lowest BCUT2D eigenvalue weighted by atomic mass is 10.0. The third kappa shape index (κ3) is 1.92. The van der Waals surface area contributed by atoms with E-state index in [-0.39, 0.29) is 5.91 Å². The van der Waals surface area contributed by atoms with Gasteiger partial charge in [-0.2, -0.15) is 0 Å². The Balaban J connectivity index is 1.92. The van der Waals surface area contributed by atoms with Gasteiger partial charge in [0.05, 0.1) is 11.3 Å². The second-order valence-electron chi connectivity index (χ2n) is 4.69. The second-order valence-corrected chi connectivity index (χ2v) is 5.08. The van der Waals surface area contributed by atoms with Crippen molar-refractivity contribution in [1.82, 2.24) is 9.97 Å². The van der Waals surface area contributed by atoms with Crippen molar-refractivity contribution >= 4 is 34.3 Å². The Labute approximate surface area is 125 Å². The molecule has 0 saturated heterocycles. The van der Waals surface area contributed by atoms with Crippen molar-refractivity contribution in [2.75, 3.05) is 0 Å². The predicted octanol–water partition coefficient (Wildman–Crippen LogP) is 3.27. The number of hydrogen-bond acceptors (Lipinski definition) is 3. The van der Waals surface area contributed by atoms with Gasteiger partial charge in [0.2, 0.25) is 0 Å². The van der Waals surface area contributed by atoms with Crippen LogP contribution in [-0.4, -0.2) is 21.6 Å². The number of fused-ring (bicyclic) bond motifs is 2. The topological polar surface area (TPSA) is 55.2 Å². The van der Waals surface area contributed by atoms with Gasteiger partial charge >= 0.3 is 0 Å². The zero-order valence-corrected chi connectivity index (χ0v) is 11.5. The van der Waals surface area contributed by atoms with Gasteiger partial charge in [-0.3, -0.25) is 4.79 Å². The number of halogens is 1. The fourth-order valence-corrected chi connectivity index (χ4v) is 2.54. The molecule has 0 fully saturated rings. The van der Waals surface area contributed by atoms with Crippen LogP contribution >= 0.6 is 11.6 Å². The Morgan fingerprint density at radius 1 is 0.857 bits per heavy atom. The van der Waals surface area contributed by atoms with Crippen LogP contribution in [0, 0.1) is 0 Å². The lowest BCUT2D eigenvalue weighted by molar-refractivity contribution is 0.101. The molecule has 1 aliphatic heterocycles. The van der Waals surface area contributed by atoms with Crippen molar-refractivity contribution in [2.24, 2.45) is 4.99 Å². The van der Waals surface area contributed by atoms with Gasteiger partial charge < -0.3 is 0 Å². The lowest BCUT2D eigenvalue weighted by Gasteiger charge is -2.04. The zero-order chi connectivity index (χ0) is 14.4. The minimum atomic E-state index is -0.235. The molecule has 0 N–H and O–H groups in total. The maximum atomic E-state index is 11.9. The molecule has 1 aliphatic rings. The van der Waals surface area contributed by atoms with Crippen LogP contribution in [0.25, 0.3) is 11.0 Å². The summed E-state index contributed by atoms with van der Waals surface area (Å²) >= 11 is 5.90. The molecule has 3 aromatic rings. The molecule has 1 amide bonds. The summed E-state index contributed by atoms with van der Waals surface area (Å²) in [5.41, 5.74) is 3.15. The van der Waals surface area contributed by atoms with Gasteiger partial charge in [0.25, 0.3) is 5.91 Å². The first-order valence-electron chi connectivity index (χ1n) is 6.38. The monoisotopic (exact) mass is 293 g/mol. The van der Waals surface area contributed by atoms with E-state index in [9.17, 15) is 4.79 Å². The van der Waals surface area contributed by atoms with E-state index >= 15 is 0 Å². The second kappa shape index (κ2) is 4.46. The maximum absolute atomic E-state index is 11.9. The van der Waals surface area contributed by atoms with Gasteiger partial charge in [-0.1, -0.05) is 29.8 Å². The van der Waals surface area contributed by atoms with E-state index in [1.54, 1.807) is 12.1 Å². The van der Waals surface area contributed by atoms with Crippen LogP contribution in [0.1, 0.15) is 21.6 Å². The molecule has 21 heavy (non-hydrogen) atoms. The molecule has 0 aliphatic carbocycles. The normalized spacial score (nSPS) is 13.4. The number of rotatable bonds is 1. The minimum Gasteiger partial charge on any atom is -0.267 e. The summed E-state index contributed by atoms with van der Waals surface area (Å²) in [7, 11) is 0. The molecule has 0 saturated carbocycles. The van der Waals surface area contributed by atoms with Gasteiger partial charge in [-0.25, -0.2) is 15.0 Å². The van der Waals surface area contributed by atoms with Crippen LogP contribution in [0.15, 0.2) is 53.5 Å². The molecule has 4 nitrogen and oxygen atoms in total. The average molecular weight is 294 g/mol. The van der Waals surface area contributed by atoms with Crippen LogP contribution in [0.3, 0.4) is 0 Å². The molecular formula is C16H8ClN3O. The van der Waals surface area contributed by atoms with E-state index in [2.05, 4.69) is 15.0 Å². The summed E-state index contributed by atoms with van der Waals surface area (Å²) < 4.78 is 0. The van der Waals surface area contributed by atoms with Crippen molar-refractivity contribution in [3.8, 4) is 0 Å². The molecule has 2 aromatic heterocycles. The fourth-order valence-electron chi connectivity index (χ4n) is 2.40. The number of hydrogen-bond donors (Lipinski definition) is 0. The number of carbonyl (C=O) groups is 1. The smallest absolute Gasteiger partial charge is 0.267 e. The molecule has 0 spiro atoms. The number of benzene rings is 1. The number of aromatic nitrogens is 2. The minimum absolute atomic E-state index is 0.235. The number of carbonyl (C=O) groups excluding carboxylic acids is 1. The quantitative estimate of drug-likeness (QED) is 0.647. The molecule has 1 aromatic carbocycles. The number of nitrogens with zero attached hydrogens (tertiary/aromatic N) is 3. The summed E-state index contributed by atoms with van der Waals surface area (Å²) in [4.78, 5) is 24.7. The van der Waals surface area contributed by atoms with Gasteiger partial charge in [0.15, 0.2) is 5.65 Å². The Morgan fingerprint density at radius 2 is 1.62 bits per heavy atom. The summed E-state index contributed by atoms with van der Waals surface area (Å²) in [5.74, 6) is -0.235. The van der Waals surface area contributed by atoms with E-state index in [4.69, 9.17) is 11.6 Å². The van der Waals surface area contributed by atoms with Crippen LogP contribution in [0.4, 0.5) is 0 Å². The number of aliphatic imine (C=N–C) groups is 1. The van der Waals surface area contributed by atoms with E-state index < -0.39 is 0 Å². The first-order valence-corrected chi connectivity index (χ1v) is 6.76. The summed E-state index contributed by atoms with van der Waals surface area (Å²) in [5, 5.41) is 1.28. The lowest BCUT2D eigenvalue weighted by Crippen LogP contribution is -2.04. The van der Waals surface area contributed by atoms with Crippen molar-refractivity contribution in [3.05, 3.63) is 70.5 Å². The van der Waals surface area contributed by atoms with Crippen LogP contribution in [-0.2, 0) is 0 Å². The van der Waals surface area contributed by atoms with Crippen LogP contribution in [0.5, 0.6) is 0 Å². The molecule has 0 atom stereocenters. The van der Waals surface area contributed by atoms with E-state index in [0.717, 1.165) is 10.9 Å². The van der Waals surface area contributed by atoms with Crippen molar-refractivity contribution < 1.29 is 4.79 Å². The van der Waals surface area contributed by atoms with Gasteiger partial charge in [0, 0.05) is 10.9 Å². The zero-order valence-electron chi connectivity index (χ0n) is 10.7. The van der Waals surface area contributed by atoms with E-state index in [1.807, 2.05) is 36.4 Å². The van der Waals surface area contributed by atoms with Crippen molar-refractivity contribution in [1.29, 1.82) is 0 Å². The first-order chi connectivity index (χ1) is 10.2. The summed E-state index contributed by atoms with van der Waals surface area (Å²) in [6, 6.07) is 14.7. The highest BCUT2D eigenvalue weighted by molar-refractivity contribution is 6.30. The highest BCUT2D eigenvalue weighted by Gasteiger charge is 2.24. The standard InChI is InChI=1S/C16H8ClN3O/c17-13-8-6-9-5-7-12(18-15(9)19-13)14-10-3-1-2-4-11(10)16(21)20-14/h1-8H. The Hall–Kier alpha value is -2.59. The third-order valence-electron chi connectivity index (χ3n) is 3.39. The predicted molar refractivity (Wildman–Crippen MR) is 81.0 cm³/mol. The fraction of sp³-hybridized carbons (Fsp3) is 0. The summed E-state index contributed by atoms with van der Waals surface area (Å²) in [6.07, 6.45) is 0. The van der Waals surface area contributed by atoms with Gasteiger partial charge in [0.1, 0.15) is 10.9 Å². The SMILES string of the molecule is O=C1N=C(c2ccc3ccc(Cl)nc3n2)c2ccccc21. The van der Waals surface area contributed by atoms with Gasteiger partial charge in [-0.05, 0) is 30.3 Å². The van der Waals surface area contributed by atoms with E-state index in [1.165, 1.54) is 0 Å². The molecule has 5 heteroatoms.